The average molecular weight is 364 g/mol. The topological polar surface area (TPSA) is 53.9 Å². The van der Waals surface area contributed by atoms with Crippen LogP contribution < -0.4 is 5.32 Å². The van der Waals surface area contributed by atoms with Crippen LogP contribution in [0.1, 0.15) is 49.4 Å². The number of hydrogen-bond acceptors (Lipinski definition) is 5. The molecule has 27 heavy (non-hydrogen) atoms. The third-order valence-corrected chi connectivity index (χ3v) is 5.70. The van der Waals surface area contributed by atoms with Crippen molar-refractivity contribution in [2.45, 2.75) is 44.9 Å². The van der Waals surface area contributed by atoms with Crippen LogP contribution in [-0.4, -0.2) is 39.5 Å². The lowest BCUT2D eigenvalue weighted by molar-refractivity contribution is 0.176. The Morgan fingerprint density at radius 3 is 2.70 bits per heavy atom. The molecule has 5 heteroatoms. The molecule has 0 aromatic carbocycles. The van der Waals surface area contributed by atoms with E-state index >= 15 is 0 Å². The first-order valence-corrected chi connectivity index (χ1v) is 10.2. The maximum absolute atomic E-state index is 4.82. The number of nitrogens with zero attached hydrogens (tertiary/aromatic N) is 4. The number of anilines is 2. The second kappa shape index (κ2) is 8.61. The van der Waals surface area contributed by atoms with Gasteiger partial charge in [0.15, 0.2) is 0 Å². The van der Waals surface area contributed by atoms with Crippen molar-refractivity contribution in [1.82, 2.24) is 19.9 Å². The van der Waals surface area contributed by atoms with E-state index in [1.54, 1.807) is 6.20 Å². The number of pyridine rings is 1. The SMILES string of the molecule is Cc1cccc(Nc2cncc(C3CCN(C[C@@H]4CC=CCC4)CC3)n2)n1. The molecule has 1 saturated heterocycles. The van der Waals surface area contributed by atoms with Gasteiger partial charge in [-0.2, -0.15) is 0 Å². The number of aryl methyl sites for hydroxylation is 1. The largest absolute Gasteiger partial charge is 0.324 e. The number of piperidine rings is 1. The molecule has 2 aliphatic rings. The molecular formula is C22H29N5. The van der Waals surface area contributed by atoms with E-state index in [-0.39, 0.29) is 0 Å². The number of nitrogens with one attached hydrogen (secondary N) is 1. The molecule has 1 fully saturated rings. The van der Waals surface area contributed by atoms with Crippen molar-refractivity contribution in [3.8, 4) is 0 Å². The summed E-state index contributed by atoms with van der Waals surface area (Å²) in [5.41, 5.74) is 2.10. The number of likely N-dealkylation sites (tertiary alicyclic amines) is 1. The van der Waals surface area contributed by atoms with E-state index in [1.165, 1.54) is 51.7 Å². The average Bonchev–Trinajstić information content (AvgIpc) is 2.70. The van der Waals surface area contributed by atoms with Crippen molar-refractivity contribution in [2.75, 3.05) is 25.0 Å². The Kier molecular flexibility index (Phi) is 5.78. The summed E-state index contributed by atoms with van der Waals surface area (Å²) in [5.74, 6) is 2.95. The van der Waals surface area contributed by atoms with Gasteiger partial charge in [0.25, 0.3) is 0 Å². The first-order chi connectivity index (χ1) is 13.3. The van der Waals surface area contributed by atoms with Crippen molar-refractivity contribution in [2.24, 2.45) is 5.92 Å². The lowest BCUT2D eigenvalue weighted by Crippen LogP contribution is -2.37. The Labute approximate surface area is 162 Å². The molecule has 1 atom stereocenters. The van der Waals surface area contributed by atoms with Crippen LogP contribution in [0.2, 0.25) is 0 Å². The number of hydrogen-bond donors (Lipinski definition) is 1. The molecule has 0 radical (unpaired) electrons. The fourth-order valence-electron chi connectivity index (χ4n) is 4.18. The Hall–Kier alpha value is -2.27. The molecule has 5 nitrogen and oxygen atoms in total. The Morgan fingerprint density at radius 1 is 1.04 bits per heavy atom. The number of allylic oxidation sites excluding steroid dienone is 2. The van der Waals surface area contributed by atoms with Gasteiger partial charge in [-0.25, -0.2) is 9.97 Å². The van der Waals surface area contributed by atoms with E-state index in [0.29, 0.717) is 5.92 Å². The molecule has 0 spiro atoms. The summed E-state index contributed by atoms with van der Waals surface area (Å²) in [6.45, 7) is 5.58. The highest BCUT2D eigenvalue weighted by molar-refractivity contribution is 5.50. The van der Waals surface area contributed by atoms with Crippen LogP contribution in [-0.2, 0) is 0 Å². The molecule has 2 aromatic rings. The molecule has 0 unspecified atom stereocenters. The zero-order valence-electron chi connectivity index (χ0n) is 16.1. The second-order valence-electron chi connectivity index (χ2n) is 7.84. The highest BCUT2D eigenvalue weighted by atomic mass is 15.1. The normalized spacial score (nSPS) is 21.3. The van der Waals surface area contributed by atoms with Crippen LogP contribution in [0.15, 0.2) is 42.7 Å². The molecule has 4 rings (SSSR count). The van der Waals surface area contributed by atoms with Crippen LogP contribution in [0.3, 0.4) is 0 Å². The van der Waals surface area contributed by atoms with Gasteiger partial charge in [0.05, 0.1) is 11.9 Å². The van der Waals surface area contributed by atoms with Crippen LogP contribution in [0.5, 0.6) is 0 Å². The van der Waals surface area contributed by atoms with Gasteiger partial charge in [-0.1, -0.05) is 18.2 Å². The maximum atomic E-state index is 4.82. The zero-order chi connectivity index (χ0) is 18.5. The monoisotopic (exact) mass is 363 g/mol. The quantitative estimate of drug-likeness (QED) is 0.795. The smallest absolute Gasteiger partial charge is 0.150 e. The molecule has 1 aliphatic carbocycles. The van der Waals surface area contributed by atoms with Gasteiger partial charge in [-0.05, 0) is 70.2 Å². The van der Waals surface area contributed by atoms with Gasteiger partial charge in [-0.15, -0.1) is 0 Å². The van der Waals surface area contributed by atoms with Gasteiger partial charge < -0.3 is 10.2 Å². The van der Waals surface area contributed by atoms with Crippen LogP contribution in [0.4, 0.5) is 11.6 Å². The van der Waals surface area contributed by atoms with Crippen LogP contribution in [0, 0.1) is 12.8 Å². The van der Waals surface area contributed by atoms with Gasteiger partial charge in [0, 0.05) is 24.4 Å². The summed E-state index contributed by atoms with van der Waals surface area (Å²) in [6.07, 6.45) is 14.6. The summed E-state index contributed by atoms with van der Waals surface area (Å²) >= 11 is 0. The predicted octanol–water partition coefficient (Wildman–Crippen LogP) is 4.46. The minimum Gasteiger partial charge on any atom is -0.324 e. The summed E-state index contributed by atoms with van der Waals surface area (Å²) < 4.78 is 0. The van der Waals surface area contributed by atoms with Crippen molar-refractivity contribution >= 4 is 11.6 Å². The van der Waals surface area contributed by atoms with Crippen molar-refractivity contribution in [3.05, 3.63) is 54.1 Å². The lowest BCUT2D eigenvalue weighted by atomic mass is 9.90. The third-order valence-electron chi connectivity index (χ3n) is 5.70. The summed E-state index contributed by atoms with van der Waals surface area (Å²) in [5, 5.41) is 3.29. The van der Waals surface area contributed by atoms with E-state index in [9.17, 15) is 0 Å². The second-order valence-corrected chi connectivity index (χ2v) is 7.84. The van der Waals surface area contributed by atoms with Gasteiger partial charge in [0.1, 0.15) is 11.6 Å². The summed E-state index contributed by atoms with van der Waals surface area (Å²) in [7, 11) is 0. The van der Waals surface area contributed by atoms with E-state index in [1.807, 2.05) is 31.3 Å². The van der Waals surface area contributed by atoms with Gasteiger partial charge in [-0.3, -0.25) is 4.98 Å². The molecule has 2 aromatic heterocycles. The van der Waals surface area contributed by atoms with Crippen molar-refractivity contribution in [1.29, 1.82) is 0 Å². The minimum absolute atomic E-state index is 0.507. The van der Waals surface area contributed by atoms with E-state index in [4.69, 9.17) is 4.98 Å². The molecule has 0 amide bonds. The van der Waals surface area contributed by atoms with E-state index in [0.717, 1.165) is 28.9 Å². The van der Waals surface area contributed by atoms with Crippen molar-refractivity contribution < 1.29 is 0 Å². The maximum Gasteiger partial charge on any atom is 0.150 e. The van der Waals surface area contributed by atoms with E-state index in [2.05, 4.69) is 32.3 Å². The lowest BCUT2D eigenvalue weighted by Gasteiger charge is -2.34. The molecule has 3 heterocycles. The minimum atomic E-state index is 0.507. The van der Waals surface area contributed by atoms with E-state index < -0.39 is 0 Å². The Balaban J connectivity index is 1.33. The van der Waals surface area contributed by atoms with Gasteiger partial charge in [0.2, 0.25) is 0 Å². The standard InChI is InChI=1S/C22H29N5/c1-17-6-5-9-21(24-17)26-22-15-23-14-20(25-22)19-10-12-27(13-11-19)16-18-7-3-2-4-8-18/h2-3,5-6,9,14-15,18-19H,4,7-8,10-13,16H2,1H3,(H,24,25,26)/t18-/m1/s1. The van der Waals surface area contributed by atoms with Crippen LogP contribution >= 0.6 is 0 Å². The number of aromatic nitrogens is 3. The molecule has 1 aliphatic heterocycles. The Bertz CT molecular complexity index is 780. The highest BCUT2D eigenvalue weighted by Gasteiger charge is 2.24. The number of rotatable bonds is 5. The zero-order valence-corrected chi connectivity index (χ0v) is 16.1. The van der Waals surface area contributed by atoms with Gasteiger partial charge >= 0.3 is 0 Å². The van der Waals surface area contributed by atoms with Crippen molar-refractivity contribution in [3.63, 3.8) is 0 Å². The molecule has 0 saturated carbocycles. The molecule has 142 valence electrons. The molecule has 1 N–H and O–H groups in total. The first-order valence-electron chi connectivity index (χ1n) is 10.2. The fourth-order valence-corrected chi connectivity index (χ4v) is 4.18. The predicted molar refractivity (Wildman–Crippen MR) is 109 cm³/mol. The molecule has 0 bridgehead atoms. The summed E-state index contributed by atoms with van der Waals surface area (Å²) in [4.78, 5) is 16.4. The fraction of sp³-hybridized carbons (Fsp3) is 0.500. The molecular weight excluding hydrogens is 334 g/mol. The third kappa shape index (κ3) is 4.92. The highest BCUT2D eigenvalue weighted by Crippen LogP contribution is 2.29. The Morgan fingerprint density at radius 2 is 1.93 bits per heavy atom. The van der Waals surface area contributed by atoms with Crippen LogP contribution in [0.25, 0.3) is 0 Å². The first kappa shape index (κ1) is 18.1. The summed E-state index contributed by atoms with van der Waals surface area (Å²) in [6, 6.07) is 5.95.